The topological polar surface area (TPSA) is 55.4 Å². The first kappa shape index (κ1) is 12.8. The van der Waals surface area contributed by atoms with Crippen molar-refractivity contribution in [2.24, 2.45) is 5.92 Å². The van der Waals surface area contributed by atoms with Gasteiger partial charge in [0.05, 0.1) is 18.1 Å². The molecule has 104 valence electrons. The SMILES string of the molecule is O=S1(=O)CCC(COc2ccc3c(c2)NCC3)CC1. The summed E-state index contributed by atoms with van der Waals surface area (Å²) in [4.78, 5) is 0. The van der Waals surface area contributed by atoms with Crippen LogP contribution in [0.4, 0.5) is 5.69 Å². The van der Waals surface area contributed by atoms with Crippen molar-refractivity contribution in [3.05, 3.63) is 23.8 Å². The van der Waals surface area contributed by atoms with Crippen LogP contribution in [-0.2, 0) is 16.3 Å². The van der Waals surface area contributed by atoms with Gasteiger partial charge in [-0.15, -0.1) is 0 Å². The molecule has 2 aliphatic rings. The van der Waals surface area contributed by atoms with E-state index in [1.165, 1.54) is 11.3 Å². The molecule has 0 aliphatic carbocycles. The summed E-state index contributed by atoms with van der Waals surface area (Å²) in [5, 5.41) is 3.33. The summed E-state index contributed by atoms with van der Waals surface area (Å²) >= 11 is 0. The second-order valence-corrected chi connectivity index (χ2v) is 7.71. The summed E-state index contributed by atoms with van der Waals surface area (Å²) in [6.07, 6.45) is 2.53. The second-order valence-electron chi connectivity index (χ2n) is 5.40. The molecular weight excluding hydrogens is 262 g/mol. The molecule has 1 fully saturated rings. The molecule has 19 heavy (non-hydrogen) atoms. The molecule has 1 aromatic carbocycles. The van der Waals surface area contributed by atoms with Gasteiger partial charge < -0.3 is 10.1 Å². The number of sulfone groups is 1. The van der Waals surface area contributed by atoms with Gasteiger partial charge in [-0.05, 0) is 36.8 Å². The molecule has 2 heterocycles. The largest absolute Gasteiger partial charge is 0.493 e. The highest BCUT2D eigenvalue weighted by Crippen LogP contribution is 2.28. The quantitative estimate of drug-likeness (QED) is 0.919. The summed E-state index contributed by atoms with van der Waals surface area (Å²) in [6.45, 7) is 1.62. The Balaban J connectivity index is 1.55. The number of benzene rings is 1. The zero-order valence-corrected chi connectivity index (χ0v) is 11.7. The first-order valence-electron chi connectivity index (χ1n) is 6.82. The van der Waals surface area contributed by atoms with E-state index in [9.17, 15) is 8.42 Å². The summed E-state index contributed by atoms with van der Waals surface area (Å²) < 4.78 is 28.5. The lowest BCUT2D eigenvalue weighted by molar-refractivity contribution is 0.238. The molecular formula is C14H19NO3S. The van der Waals surface area contributed by atoms with Crippen LogP contribution in [-0.4, -0.2) is 33.1 Å². The monoisotopic (exact) mass is 281 g/mol. The lowest BCUT2D eigenvalue weighted by Gasteiger charge is -2.22. The van der Waals surface area contributed by atoms with Crippen LogP contribution in [0, 0.1) is 5.92 Å². The fraction of sp³-hybridized carbons (Fsp3) is 0.571. The minimum absolute atomic E-state index is 0.312. The summed E-state index contributed by atoms with van der Waals surface area (Å²) in [6, 6.07) is 6.16. The van der Waals surface area contributed by atoms with Gasteiger partial charge in [-0.1, -0.05) is 6.07 Å². The van der Waals surface area contributed by atoms with Crippen LogP contribution in [0.15, 0.2) is 18.2 Å². The van der Waals surface area contributed by atoms with E-state index in [1.807, 2.05) is 12.1 Å². The Morgan fingerprint density at radius 2 is 2.05 bits per heavy atom. The molecule has 1 aromatic rings. The smallest absolute Gasteiger partial charge is 0.150 e. The van der Waals surface area contributed by atoms with Gasteiger partial charge in [-0.3, -0.25) is 0 Å². The molecule has 1 N–H and O–H groups in total. The van der Waals surface area contributed by atoms with Crippen molar-refractivity contribution < 1.29 is 13.2 Å². The van der Waals surface area contributed by atoms with Gasteiger partial charge in [-0.25, -0.2) is 8.42 Å². The van der Waals surface area contributed by atoms with Gasteiger partial charge in [0.25, 0.3) is 0 Å². The van der Waals surface area contributed by atoms with Crippen molar-refractivity contribution in [3.8, 4) is 5.75 Å². The summed E-state index contributed by atoms with van der Waals surface area (Å²) in [5.41, 5.74) is 2.51. The Morgan fingerprint density at radius 3 is 2.84 bits per heavy atom. The molecule has 0 bridgehead atoms. The van der Waals surface area contributed by atoms with Crippen molar-refractivity contribution in [1.29, 1.82) is 0 Å². The lowest BCUT2D eigenvalue weighted by atomic mass is 10.0. The number of hydrogen-bond acceptors (Lipinski definition) is 4. The van der Waals surface area contributed by atoms with Gasteiger partial charge in [0.2, 0.25) is 0 Å². The third kappa shape index (κ3) is 3.03. The zero-order chi connectivity index (χ0) is 13.3. The number of hydrogen-bond donors (Lipinski definition) is 1. The minimum Gasteiger partial charge on any atom is -0.493 e. The molecule has 3 rings (SSSR count). The molecule has 0 spiro atoms. The standard InChI is InChI=1S/C14H19NO3S/c16-19(17)7-4-11(5-8-19)10-18-13-2-1-12-3-6-15-14(12)9-13/h1-2,9,11,15H,3-8,10H2. The molecule has 2 aliphatic heterocycles. The number of fused-ring (bicyclic) bond motifs is 1. The van der Waals surface area contributed by atoms with Gasteiger partial charge in [0, 0.05) is 18.3 Å². The predicted molar refractivity (Wildman–Crippen MR) is 75.5 cm³/mol. The van der Waals surface area contributed by atoms with Crippen molar-refractivity contribution in [2.45, 2.75) is 19.3 Å². The molecule has 0 aromatic heterocycles. The fourth-order valence-corrected chi connectivity index (χ4v) is 4.27. The highest BCUT2D eigenvalue weighted by Gasteiger charge is 2.24. The van der Waals surface area contributed by atoms with E-state index in [-0.39, 0.29) is 0 Å². The third-order valence-electron chi connectivity index (χ3n) is 3.95. The minimum atomic E-state index is -2.77. The van der Waals surface area contributed by atoms with Crippen molar-refractivity contribution >= 4 is 15.5 Å². The lowest BCUT2D eigenvalue weighted by Crippen LogP contribution is -2.26. The Hall–Kier alpha value is -1.23. The van der Waals surface area contributed by atoms with Crippen molar-refractivity contribution in [1.82, 2.24) is 0 Å². The van der Waals surface area contributed by atoms with E-state index in [1.54, 1.807) is 0 Å². The molecule has 0 amide bonds. The highest BCUT2D eigenvalue weighted by molar-refractivity contribution is 7.91. The van der Waals surface area contributed by atoms with Gasteiger partial charge >= 0.3 is 0 Å². The molecule has 4 nitrogen and oxygen atoms in total. The predicted octanol–water partition coefficient (Wildman–Crippen LogP) is 1.86. The van der Waals surface area contributed by atoms with E-state index >= 15 is 0 Å². The average Bonchev–Trinajstić information content (AvgIpc) is 2.85. The molecule has 1 saturated heterocycles. The number of rotatable bonds is 3. The van der Waals surface area contributed by atoms with Gasteiger partial charge in [-0.2, -0.15) is 0 Å². The van der Waals surface area contributed by atoms with Crippen LogP contribution in [0.2, 0.25) is 0 Å². The number of ether oxygens (including phenoxy) is 1. The van der Waals surface area contributed by atoms with E-state index in [0.29, 0.717) is 24.0 Å². The number of anilines is 1. The fourth-order valence-electron chi connectivity index (χ4n) is 2.68. The van der Waals surface area contributed by atoms with Crippen LogP contribution >= 0.6 is 0 Å². The Labute approximate surface area is 114 Å². The molecule has 0 saturated carbocycles. The maximum atomic E-state index is 11.3. The normalized spacial score (nSPS) is 21.7. The molecule has 0 unspecified atom stereocenters. The van der Waals surface area contributed by atoms with E-state index in [2.05, 4.69) is 11.4 Å². The second kappa shape index (κ2) is 5.04. The van der Waals surface area contributed by atoms with Gasteiger partial charge in [0.1, 0.15) is 15.6 Å². The summed E-state index contributed by atoms with van der Waals surface area (Å²) in [7, 11) is -2.77. The Bertz CT molecular complexity index is 554. The summed E-state index contributed by atoms with van der Waals surface area (Å²) in [5.74, 6) is 1.87. The Kier molecular flexibility index (Phi) is 3.39. The highest BCUT2D eigenvalue weighted by atomic mass is 32.2. The molecule has 0 radical (unpaired) electrons. The Morgan fingerprint density at radius 1 is 1.26 bits per heavy atom. The van der Waals surface area contributed by atoms with Crippen LogP contribution in [0.3, 0.4) is 0 Å². The maximum absolute atomic E-state index is 11.3. The van der Waals surface area contributed by atoms with Gasteiger partial charge in [0.15, 0.2) is 0 Å². The van der Waals surface area contributed by atoms with Crippen LogP contribution in [0.25, 0.3) is 0 Å². The molecule has 5 heteroatoms. The van der Waals surface area contributed by atoms with Crippen LogP contribution in [0.1, 0.15) is 18.4 Å². The zero-order valence-electron chi connectivity index (χ0n) is 10.9. The maximum Gasteiger partial charge on any atom is 0.150 e. The number of nitrogens with one attached hydrogen (secondary N) is 1. The first-order valence-corrected chi connectivity index (χ1v) is 8.64. The van der Waals surface area contributed by atoms with E-state index in [4.69, 9.17) is 4.74 Å². The third-order valence-corrected chi connectivity index (χ3v) is 5.67. The van der Waals surface area contributed by atoms with Crippen LogP contribution in [0.5, 0.6) is 5.75 Å². The molecule has 0 atom stereocenters. The van der Waals surface area contributed by atoms with Crippen LogP contribution < -0.4 is 10.1 Å². The van der Waals surface area contributed by atoms with E-state index < -0.39 is 9.84 Å². The first-order chi connectivity index (χ1) is 9.12. The average molecular weight is 281 g/mol. The van der Waals surface area contributed by atoms with E-state index in [0.717, 1.165) is 31.6 Å². The van der Waals surface area contributed by atoms with Crippen molar-refractivity contribution in [3.63, 3.8) is 0 Å². The van der Waals surface area contributed by atoms with Crippen molar-refractivity contribution in [2.75, 3.05) is 30.0 Å².